The fourth-order valence-corrected chi connectivity index (χ4v) is 3.41. The summed E-state index contributed by atoms with van der Waals surface area (Å²) in [6.07, 6.45) is 3.44. The summed E-state index contributed by atoms with van der Waals surface area (Å²) in [5, 5.41) is 15.2. The minimum atomic E-state index is -0.467. The molecule has 2 heterocycles. The minimum absolute atomic E-state index is 0.0173. The van der Waals surface area contributed by atoms with Gasteiger partial charge in [-0.25, -0.2) is 0 Å². The Kier molecular flexibility index (Phi) is 9.72. The van der Waals surface area contributed by atoms with E-state index in [0.29, 0.717) is 24.4 Å². The maximum atomic E-state index is 12.1. The highest BCUT2D eigenvalue weighted by Crippen LogP contribution is 2.15. The van der Waals surface area contributed by atoms with Crippen molar-refractivity contribution in [1.29, 1.82) is 0 Å². The Hall–Kier alpha value is -3.76. The number of Topliss-reactive ketones (excluding diaryl/α,β-unsaturated/α-hetero) is 1. The highest BCUT2D eigenvalue weighted by atomic mass is 16.3. The zero-order valence-electron chi connectivity index (χ0n) is 19.4. The number of amides is 4. The van der Waals surface area contributed by atoms with Gasteiger partial charge < -0.3 is 20.3 Å². The number of carbonyl (C=O) groups is 5. The van der Waals surface area contributed by atoms with Crippen molar-refractivity contribution in [2.24, 2.45) is 7.05 Å². The maximum Gasteiger partial charge on any atom is 0.253 e. The smallest absolute Gasteiger partial charge is 0.253 e. The summed E-state index contributed by atoms with van der Waals surface area (Å²) in [6, 6.07) is 1.34. The second kappa shape index (κ2) is 12.5. The second-order valence-corrected chi connectivity index (χ2v) is 8.01. The molecular formula is C23H30N4O7. The van der Waals surface area contributed by atoms with Gasteiger partial charge in [-0.3, -0.25) is 33.7 Å². The molecule has 1 aromatic heterocycles. The molecule has 0 radical (unpaired) electrons. The average molecular weight is 475 g/mol. The van der Waals surface area contributed by atoms with Crippen molar-refractivity contribution < 1.29 is 29.1 Å². The van der Waals surface area contributed by atoms with Crippen LogP contribution in [0, 0.1) is 6.92 Å². The Bertz CT molecular complexity index is 1040. The van der Waals surface area contributed by atoms with Crippen LogP contribution in [-0.2, 0) is 37.4 Å². The van der Waals surface area contributed by atoms with E-state index in [1.54, 1.807) is 18.5 Å². The lowest BCUT2D eigenvalue weighted by molar-refractivity contribution is -0.137. The fraction of sp³-hybridized carbons (Fsp3) is 0.478. The number of ketones is 1. The van der Waals surface area contributed by atoms with Gasteiger partial charge in [0.1, 0.15) is 5.78 Å². The molecule has 1 aromatic rings. The first kappa shape index (κ1) is 26.5. The Labute approximate surface area is 196 Å². The minimum Gasteiger partial charge on any atom is -0.503 e. The van der Waals surface area contributed by atoms with Crippen LogP contribution in [0.1, 0.15) is 43.5 Å². The molecule has 11 heteroatoms. The first-order valence-electron chi connectivity index (χ1n) is 11.1. The van der Waals surface area contributed by atoms with E-state index in [2.05, 4.69) is 10.6 Å². The molecular weight excluding hydrogens is 444 g/mol. The number of aryl methyl sites for hydroxylation is 1. The van der Waals surface area contributed by atoms with Crippen LogP contribution in [0.4, 0.5) is 0 Å². The van der Waals surface area contributed by atoms with E-state index in [-0.39, 0.29) is 68.5 Å². The third-order valence-electron chi connectivity index (χ3n) is 5.51. The first-order valence-corrected chi connectivity index (χ1v) is 11.1. The number of carbonyl (C=O) groups excluding carboxylic acids is 5. The monoisotopic (exact) mass is 474 g/mol. The molecule has 0 fully saturated rings. The zero-order chi connectivity index (χ0) is 25.3. The molecule has 2 rings (SSSR count). The maximum absolute atomic E-state index is 12.1. The SMILES string of the molecule is Cc1cc(=O)c(O)c(CCC(=O)CCCNC(=O)CCNC(=O)CCN2C(=O)C=CC2=O)n1C. The van der Waals surface area contributed by atoms with E-state index in [0.717, 1.165) is 17.1 Å². The van der Waals surface area contributed by atoms with Gasteiger partial charge >= 0.3 is 0 Å². The largest absolute Gasteiger partial charge is 0.503 e. The summed E-state index contributed by atoms with van der Waals surface area (Å²) in [7, 11) is 1.72. The second-order valence-electron chi connectivity index (χ2n) is 8.01. The number of pyridine rings is 1. The van der Waals surface area contributed by atoms with Gasteiger partial charge in [-0.2, -0.15) is 0 Å². The number of aromatic nitrogens is 1. The van der Waals surface area contributed by atoms with Gasteiger partial charge in [-0.15, -0.1) is 0 Å². The Morgan fingerprint density at radius 1 is 0.912 bits per heavy atom. The van der Waals surface area contributed by atoms with E-state index >= 15 is 0 Å². The molecule has 1 aliphatic rings. The van der Waals surface area contributed by atoms with E-state index < -0.39 is 17.2 Å². The zero-order valence-corrected chi connectivity index (χ0v) is 19.4. The van der Waals surface area contributed by atoms with Gasteiger partial charge in [-0.1, -0.05) is 0 Å². The molecule has 4 amide bonds. The molecule has 0 aromatic carbocycles. The number of hydrogen-bond donors (Lipinski definition) is 3. The van der Waals surface area contributed by atoms with Crippen molar-refractivity contribution >= 4 is 29.4 Å². The van der Waals surface area contributed by atoms with Crippen LogP contribution in [0.3, 0.4) is 0 Å². The molecule has 0 atom stereocenters. The molecule has 184 valence electrons. The Morgan fingerprint density at radius 3 is 2.21 bits per heavy atom. The van der Waals surface area contributed by atoms with Crippen LogP contribution in [0.2, 0.25) is 0 Å². The predicted molar refractivity (Wildman–Crippen MR) is 122 cm³/mol. The first-order chi connectivity index (χ1) is 16.1. The predicted octanol–water partition coefficient (Wildman–Crippen LogP) is -0.381. The summed E-state index contributed by atoms with van der Waals surface area (Å²) in [5.74, 6) is -1.93. The number of imide groups is 1. The lowest BCUT2D eigenvalue weighted by atomic mass is 10.1. The van der Waals surface area contributed by atoms with Crippen molar-refractivity contribution in [3.63, 3.8) is 0 Å². The van der Waals surface area contributed by atoms with Crippen molar-refractivity contribution in [2.45, 2.75) is 45.4 Å². The van der Waals surface area contributed by atoms with Gasteiger partial charge in [0.15, 0.2) is 5.75 Å². The lowest BCUT2D eigenvalue weighted by Gasteiger charge is -2.13. The number of nitrogens with zero attached hydrogens (tertiary/aromatic N) is 2. The summed E-state index contributed by atoms with van der Waals surface area (Å²) in [4.78, 5) is 71.3. The third kappa shape index (κ3) is 7.68. The molecule has 0 aliphatic carbocycles. The van der Waals surface area contributed by atoms with Crippen LogP contribution in [0.5, 0.6) is 5.75 Å². The van der Waals surface area contributed by atoms with Crippen molar-refractivity contribution in [2.75, 3.05) is 19.6 Å². The molecule has 0 bridgehead atoms. The van der Waals surface area contributed by atoms with Gasteiger partial charge in [0, 0.05) is 76.3 Å². The fourth-order valence-electron chi connectivity index (χ4n) is 3.41. The molecule has 0 unspecified atom stereocenters. The standard InChI is InChI=1S/C23H30N4O7/c1-15-14-18(29)23(34)17(26(15)2)6-5-16(28)4-3-11-24-19(30)9-12-25-20(31)10-13-27-21(32)7-8-22(27)33/h7-8,14,34H,3-6,9-13H2,1-2H3,(H,24,30)(H,25,31). The van der Waals surface area contributed by atoms with Crippen LogP contribution < -0.4 is 16.1 Å². The van der Waals surface area contributed by atoms with Gasteiger partial charge in [-0.05, 0) is 19.8 Å². The van der Waals surface area contributed by atoms with Crippen LogP contribution in [-0.4, -0.2) is 63.6 Å². The number of aromatic hydroxyl groups is 1. The topological polar surface area (TPSA) is 155 Å². The molecule has 3 N–H and O–H groups in total. The van der Waals surface area contributed by atoms with Crippen LogP contribution in [0.25, 0.3) is 0 Å². The molecule has 34 heavy (non-hydrogen) atoms. The summed E-state index contributed by atoms with van der Waals surface area (Å²) in [6.45, 7) is 2.15. The molecule has 11 nitrogen and oxygen atoms in total. The molecule has 0 saturated heterocycles. The summed E-state index contributed by atoms with van der Waals surface area (Å²) < 4.78 is 1.69. The van der Waals surface area contributed by atoms with Crippen molar-refractivity contribution in [1.82, 2.24) is 20.1 Å². The van der Waals surface area contributed by atoms with E-state index in [1.165, 1.54) is 6.07 Å². The van der Waals surface area contributed by atoms with Crippen LogP contribution >= 0.6 is 0 Å². The highest BCUT2D eigenvalue weighted by molar-refractivity contribution is 6.13. The Balaban J connectivity index is 1.56. The molecule has 0 spiro atoms. The third-order valence-corrected chi connectivity index (χ3v) is 5.51. The highest BCUT2D eigenvalue weighted by Gasteiger charge is 2.23. The Morgan fingerprint density at radius 2 is 1.53 bits per heavy atom. The summed E-state index contributed by atoms with van der Waals surface area (Å²) in [5.41, 5.74) is 0.647. The van der Waals surface area contributed by atoms with Crippen LogP contribution in [0.15, 0.2) is 23.0 Å². The lowest BCUT2D eigenvalue weighted by Crippen LogP contribution is -2.36. The summed E-state index contributed by atoms with van der Waals surface area (Å²) >= 11 is 0. The number of hydrogen-bond acceptors (Lipinski definition) is 7. The van der Waals surface area contributed by atoms with Crippen molar-refractivity contribution in [3.05, 3.63) is 39.8 Å². The van der Waals surface area contributed by atoms with E-state index in [9.17, 15) is 33.9 Å². The average Bonchev–Trinajstić information content (AvgIpc) is 3.11. The normalized spacial score (nSPS) is 12.8. The number of nitrogens with one attached hydrogen (secondary N) is 2. The van der Waals surface area contributed by atoms with Gasteiger partial charge in [0.05, 0.1) is 5.69 Å². The molecule has 0 saturated carbocycles. The quantitative estimate of drug-likeness (QED) is 0.260. The molecule has 1 aliphatic heterocycles. The van der Waals surface area contributed by atoms with Gasteiger partial charge in [0.2, 0.25) is 17.2 Å². The van der Waals surface area contributed by atoms with E-state index in [4.69, 9.17) is 0 Å². The van der Waals surface area contributed by atoms with Crippen molar-refractivity contribution in [3.8, 4) is 5.75 Å². The van der Waals surface area contributed by atoms with E-state index in [1.807, 2.05) is 0 Å². The van der Waals surface area contributed by atoms with Gasteiger partial charge in [0.25, 0.3) is 11.8 Å². The number of rotatable bonds is 13.